The van der Waals surface area contributed by atoms with E-state index in [1.165, 1.54) is 0 Å². The zero-order valence-corrected chi connectivity index (χ0v) is 18.4. The molecule has 0 N–H and O–H groups in total. The lowest BCUT2D eigenvalue weighted by atomic mass is 10.0. The number of carbonyl (C=O) groups is 3. The fourth-order valence-corrected chi connectivity index (χ4v) is 3.79. The molecule has 0 unspecified atom stereocenters. The molecule has 164 valence electrons. The van der Waals surface area contributed by atoms with Crippen LogP contribution >= 0.6 is 0 Å². The molecular formula is C23H28N4O4. The number of benzene rings is 1. The van der Waals surface area contributed by atoms with Gasteiger partial charge in [-0.25, -0.2) is 14.8 Å². The number of rotatable bonds is 5. The Balaban J connectivity index is 2.02. The third-order valence-corrected chi connectivity index (χ3v) is 5.29. The first-order valence-electron chi connectivity index (χ1n) is 10.6. The van der Waals surface area contributed by atoms with Crippen molar-refractivity contribution in [3.8, 4) is 11.3 Å². The van der Waals surface area contributed by atoms with E-state index < -0.39 is 5.97 Å². The van der Waals surface area contributed by atoms with Crippen LogP contribution in [0.1, 0.15) is 53.9 Å². The molecule has 1 aliphatic heterocycles. The van der Waals surface area contributed by atoms with Crippen LogP contribution in [0.5, 0.6) is 0 Å². The quantitative estimate of drug-likeness (QED) is 0.685. The molecule has 8 heteroatoms. The number of aryl methyl sites for hydroxylation is 1. The van der Waals surface area contributed by atoms with Gasteiger partial charge in [-0.3, -0.25) is 9.59 Å². The van der Waals surface area contributed by atoms with Gasteiger partial charge in [0.25, 0.3) is 5.91 Å². The average molecular weight is 425 g/mol. The minimum atomic E-state index is -0.627. The van der Waals surface area contributed by atoms with Gasteiger partial charge >= 0.3 is 5.97 Å². The highest BCUT2D eigenvalue weighted by atomic mass is 16.5. The van der Waals surface area contributed by atoms with Crippen LogP contribution < -0.4 is 0 Å². The predicted molar refractivity (Wildman–Crippen MR) is 116 cm³/mol. The van der Waals surface area contributed by atoms with Crippen LogP contribution in [-0.2, 0) is 9.53 Å². The van der Waals surface area contributed by atoms with E-state index in [1.54, 1.807) is 23.6 Å². The fraction of sp³-hybridized carbons (Fsp3) is 0.435. The molecule has 31 heavy (non-hydrogen) atoms. The fourth-order valence-electron chi connectivity index (χ4n) is 3.79. The minimum Gasteiger partial charge on any atom is -0.462 e. The minimum absolute atomic E-state index is 0.0345. The van der Waals surface area contributed by atoms with Crippen LogP contribution in [0.3, 0.4) is 0 Å². The summed E-state index contributed by atoms with van der Waals surface area (Å²) in [5, 5.41) is 0. The number of carbonyl (C=O) groups excluding carboxylic acids is 3. The summed E-state index contributed by atoms with van der Waals surface area (Å²) in [4.78, 5) is 50.7. The number of nitrogens with zero attached hydrogens (tertiary/aromatic N) is 4. The normalized spacial score (nSPS) is 16.2. The molecule has 0 bridgehead atoms. The van der Waals surface area contributed by atoms with Crippen molar-refractivity contribution in [3.05, 3.63) is 47.4 Å². The summed E-state index contributed by atoms with van der Waals surface area (Å²) >= 11 is 0. The maximum absolute atomic E-state index is 13.5. The van der Waals surface area contributed by atoms with Crippen molar-refractivity contribution in [3.63, 3.8) is 0 Å². The molecule has 2 heterocycles. The van der Waals surface area contributed by atoms with Gasteiger partial charge in [0, 0.05) is 37.7 Å². The molecule has 1 aliphatic rings. The summed E-state index contributed by atoms with van der Waals surface area (Å²) in [6.45, 7) is 8.51. The largest absolute Gasteiger partial charge is 0.462 e. The molecule has 1 atom stereocenters. The van der Waals surface area contributed by atoms with E-state index in [1.807, 2.05) is 44.2 Å². The van der Waals surface area contributed by atoms with E-state index in [-0.39, 0.29) is 35.7 Å². The van der Waals surface area contributed by atoms with Gasteiger partial charge < -0.3 is 14.5 Å². The molecule has 2 amide bonds. The Bertz CT molecular complexity index is 977. The Labute approximate surface area is 182 Å². The first-order valence-corrected chi connectivity index (χ1v) is 10.6. The van der Waals surface area contributed by atoms with Gasteiger partial charge in [-0.1, -0.05) is 37.3 Å². The van der Waals surface area contributed by atoms with Crippen molar-refractivity contribution in [2.75, 3.05) is 26.2 Å². The average Bonchev–Trinajstić information content (AvgIpc) is 2.78. The molecule has 1 aromatic heterocycles. The standard InChI is InChI=1S/C23H28N4O4/c1-5-18(28)27-13-12-26(14-15(27)3)22(29)21-19(23(30)31-6-2)20(24-16(4)25-21)17-10-8-7-9-11-17/h7-11,15H,5-6,12-14H2,1-4H3/t15-/m1/s1. The van der Waals surface area contributed by atoms with Crippen molar-refractivity contribution in [1.29, 1.82) is 0 Å². The van der Waals surface area contributed by atoms with Gasteiger partial charge in [0.15, 0.2) is 0 Å². The van der Waals surface area contributed by atoms with Crippen molar-refractivity contribution in [2.45, 2.75) is 40.2 Å². The lowest BCUT2D eigenvalue weighted by molar-refractivity contribution is -0.134. The maximum Gasteiger partial charge on any atom is 0.342 e. The summed E-state index contributed by atoms with van der Waals surface area (Å²) in [5.74, 6) is -0.530. The van der Waals surface area contributed by atoms with E-state index in [4.69, 9.17) is 4.74 Å². The topological polar surface area (TPSA) is 92.7 Å². The van der Waals surface area contributed by atoms with E-state index in [9.17, 15) is 14.4 Å². The zero-order chi connectivity index (χ0) is 22.5. The van der Waals surface area contributed by atoms with Gasteiger partial charge in [0.2, 0.25) is 5.91 Å². The van der Waals surface area contributed by atoms with Crippen molar-refractivity contribution in [1.82, 2.24) is 19.8 Å². The number of ether oxygens (including phenoxy) is 1. The van der Waals surface area contributed by atoms with E-state index >= 15 is 0 Å². The smallest absolute Gasteiger partial charge is 0.342 e. The Hall–Kier alpha value is -3.29. The molecule has 0 aliphatic carbocycles. The molecule has 2 aromatic rings. The van der Waals surface area contributed by atoms with Crippen molar-refractivity contribution in [2.24, 2.45) is 0 Å². The number of hydrogen-bond acceptors (Lipinski definition) is 6. The first-order chi connectivity index (χ1) is 14.9. The van der Waals surface area contributed by atoms with Crippen molar-refractivity contribution < 1.29 is 19.1 Å². The maximum atomic E-state index is 13.5. The summed E-state index contributed by atoms with van der Waals surface area (Å²) in [7, 11) is 0. The van der Waals surface area contributed by atoms with E-state index in [2.05, 4.69) is 9.97 Å². The molecule has 0 radical (unpaired) electrons. The van der Waals surface area contributed by atoms with Crippen LogP contribution in [0.4, 0.5) is 0 Å². The lowest BCUT2D eigenvalue weighted by Gasteiger charge is -2.39. The number of esters is 1. The second-order valence-corrected chi connectivity index (χ2v) is 7.47. The number of amides is 2. The van der Waals surface area contributed by atoms with E-state index in [0.717, 1.165) is 0 Å². The number of aromatic nitrogens is 2. The van der Waals surface area contributed by atoms with E-state index in [0.29, 0.717) is 43.1 Å². The molecule has 1 aromatic carbocycles. The summed E-state index contributed by atoms with van der Waals surface area (Å²) in [6, 6.07) is 9.09. The van der Waals surface area contributed by atoms with Crippen LogP contribution in [0.15, 0.2) is 30.3 Å². The lowest BCUT2D eigenvalue weighted by Crippen LogP contribution is -2.55. The molecule has 1 fully saturated rings. The molecule has 1 saturated heterocycles. The second kappa shape index (κ2) is 9.68. The Morgan fingerprint density at radius 1 is 1.10 bits per heavy atom. The first kappa shape index (κ1) is 22.4. The van der Waals surface area contributed by atoms with Crippen LogP contribution in [0.25, 0.3) is 11.3 Å². The van der Waals surface area contributed by atoms with Gasteiger partial charge in [0.05, 0.1) is 12.3 Å². The monoisotopic (exact) mass is 424 g/mol. The predicted octanol–water partition coefficient (Wildman–Crippen LogP) is 2.71. The molecular weight excluding hydrogens is 396 g/mol. The third kappa shape index (κ3) is 4.73. The molecule has 0 saturated carbocycles. The summed E-state index contributed by atoms with van der Waals surface area (Å²) in [6.07, 6.45) is 0.427. The highest BCUT2D eigenvalue weighted by molar-refractivity contribution is 6.07. The summed E-state index contributed by atoms with van der Waals surface area (Å²) < 4.78 is 5.25. The van der Waals surface area contributed by atoms with Gasteiger partial charge in [-0.15, -0.1) is 0 Å². The molecule has 8 nitrogen and oxygen atoms in total. The Kier molecular flexibility index (Phi) is 6.99. The third-order valence-electron chi connectivity index (χ3n) is 5.29. The molecule has 3 rings (SSSR count). The van der Waals surface area contributed by atoms with Crippen LogP contribution in [0.2, 0.25) is 0 Å². The van der Waals surface area contributed by atoms with Gasteiger partial charge in [0.1, 0.15) is 17.1 Å². The zero-order valence-electron chi connectivity index (χ0n) is 18.4. The Morgan fingerprint density at radius 3 is 2.42 bits per heavy atom. The highest BCUT2D eigenvalue weighted by Crippen LogP contribution is 2.26. The second-order valence-electron chi connectivity index (χ2n) is 7.47. The molecule has 0 spiro atoms. The number of piperazine rings is 1. The van der Waals surface area contributed by atoms with Gasteiger partial charge in [-0.05, 0) is 20.8 Å². The van der Waals surface area contributed by atoms with Crippen LogP contribution in [-0.4, -0.2) is 69.8 Å². The highest BCUT2D eigenvalue weighted by Gasteiger charge is 2.34. The SMILES string of the molecule is CCOC(=O)c1c(C(=O)N2CCN(C(=O)CC)[C@H](C)C2)nc(C)nc1-c1ccccc1. The van der Waals surface area contributed by atoms with Gasteiger partial charge in [-0.2, -0.15) is 0 Å². The van der Waals surface area contributed by atoms with Crippen molar-refractivity contribution >= 4 is 17.8 Å². The summed E-state index contributed by atoms with van der Waals surface area (Å²) in [5.41, 5.74) is 1.19. The number of hydrogen-bond donors (Lipinski definition) is 0. The van der Waals surface area contributed by atoms with Crippen LogP contribution in [0, 0.1) is 6.92 Å². The Morgan fingerprint density at radius 2 is 1.81 bits per heavy atom.